The monoisotopic (exact) mass is 560 g/mol. The average Bonchev–Trinajstić information content (AvgIpc) is 2.78. The van der Waals surface area contributed by atoms with Gasteiger partial charge >= 0.3 is 22.3 Å². The largest absolute Gasteiger partial charge is 0.416 e. The van der Waals surface area contributed by atoms with E-state index in [1.165, 1.54) is 29.2 Å². The minimum Gasteiger partial charge on any atom is -0.379 e. The first-order valence-electron chi connectivity index (χ1n) is 10.5. The van der Waals surface area contributed by atoms with Crippen molar-refractivity contribution >= 4 is 45.0 Å². The molecule has 0 aliphatic heterocycles. The predicted octanol–water partition coefficient (Wildman–Crippen LogP) is 7.22. The lowest BCUT2D eigenvalue weighted by Crippen LogP contribution is -2.39. The topological polar surface area (TPSA) is 75.7 Å². The van der Waals surface area contributed by atoms with Crippen molar-refractivity contribution in [3.8, 4) is 5.75 Å². The van der Waals surface area contributed by atoms with Gasteiger partial charge in [0.05, 0.1) is 16.3 Å². The van der Waals surface area contributed by atoms with Crippen LogP contribution in [0.1, 0.15) is 25.0 Å². The third kappa shape index (κ3) is 7.05. The van der Waals surface area contributed by atoms with Crippen molar-refractivity contribution in [2.75, 3.05) is 5.32 Å². The molecule has 6 nitrogen and oxygen atoms in total. The molecule has 0 bridgehead atoms. The summed E-state index contributed by atoms with van der Waals surface area (Å²) in [5.41, 5.74) is -0.223. The Balaban J connectivity index is 1.78. The van der Waals surface area contributed by atoms with Crippen molar-refractivity contribution in [1.82, 2.24) is 4.90 Å². The van der Waals surface area contributed by atoms with Crippen molar-refractivity contribution in [2.24, 2.45) is 0 Å². The highest BCUT2D eigenvalue weighted by atomic mass is 35.5. The molecule has 0 saturated heterocycles. The van der Waals surface area contributed by atoms with E-state index < -0.39 is 32.8 Å². The summed E-state index contributed by atoms with van der Waals surface area (Å²) >= 11 is 12.0. The van der Waals surface area contributed by atoms with Gasteiger partial charge in [-0.25, -0.2) is 4.79 Å². The molecule has 0 aromatic heterocycles. The molecule has 12 heteroatoms. The second kappa shape index (κ2) is 11.0. The molecular weight excluding hydrogens is 540 g/mol. The maximum atomic E-state index is 13.0. The minimum atomic E-state index is -4.71. The smallest absolute Gasteiger partial charge is 0.379 e. The van der Waals surface area contributed by atoms with E-state index in [2.05, 4.69) is 5.32 Å². The van der Waals surface area contributed by atoms with Crippen molar-refractivity contribution in [1.29, 1.82) is 0 Å². The van der Waals surface area contributed by atoms with Gasteiger partial charge in [0.2, 0.25) is 0 Å². The molecular formula is C24H21Cl2F3N2O4S. The van der Waals surface area contributed by atoms with Crippen LogP contribution in [0, 0.1) is 0 Å². The first-order chi connectivity index (χ1) is 16.8. The second-order valence-electron chi connectivity index (χ2n) is 7.99. The Bertz CT molecular complexity index is 1370. The summed E-state index contributed by atoms with van der Waals surface area (Å²) in [6.07, 6.45) is -4.71. The third-order valence-electron chi connectivity index (χ3n) is 4.96. The minimum absolute atomic E-state index is 0.0789. The number of nitrogens with one attached hydrogen (secondary N) is 1. The lowest BCUT2D eigenvalue weighted by atomic mass is 10.2. The van der Waals surface area contributed by atoms with Crippen LogP contribution in [0.2, 0.25) is 10.0 Å². The highest BCUT2D eigenvalue weighted by Gasteiger charge is 2.32. The van der Waals surface area contributed by atoms with Gasteiger partial charge in [-0.3, -0.25) is 0 Å². The van der Waals surface area contributed by atoms with Crippen LogP contribution in [0.15, 0.2) is 71.6 Å². The van der Waals surface area contributed by atoms with Crippen LogP contribution in [-0.2, 0) is 22.8 Å². The Hall–Kier alpha value is -2.95. The van der Waals surface area contributed by atoms with Crippen molar-refractivity contribution in [2.45, 2.75) is 37.5 Å². The Morgan fingerprint density at radius 2 is 1.72 bits per heavy atom. The molecule has 0 fully saturated rings. The van der Waals surface area contributed by atoms with Crippen molar-refractivity contribution < 1.29 is 30.6 Å². The molecule has 0 radical (unpaired) electrons. The summed E-state index contributed by atoms with van der Waals surface area (Å²) in [4.78, 5) is 13.8. The van der Waals surface area contributed by atoms with Crippen molar-refractivity contribution in [3.63, 3.8) is 0 Å². The molecule has 192 valence electrons. The number of alkyl halides is 3. The first kappa shape index (κ1) is 27.6. The Morgan fingerprint density at radius 1 is 1.03 bits per heavy atom. The lowest BCUT2D eigenvalue weighted by molar-refractivity contribution is -0.137. The van der Waals surface area contributed by atoms with E-state index in [4.69, 9.17) is 27.4 Å². The molecule has 1 N–H and O–H groups in total. The molecule has 0 spiro atoms. The van der Waals surface area contributed by atoms with E-state index in [0.29, 0.717) is 22.3 Å². The van der Waals surface area contributed by atoms with Gasteiger partial charge in [-0.15, -0.1) is 0 Å². The standard InChI is InChI=1S/C24H21Cl2F3N2O4S/c1-15(2)31(23(32)30-22-10-9-18(25)13-21(22)26)14-16-5-3-7-19(11-16)35-36(33,34)20-8-4-6-17(12-20)24(27,28)29/h3-13,15H,14H2,1-2H3,(H,30,32). The van der Waals surface area contributed by atoms with E-state index in [1.54, 1.807) is 32.0 Å². The average molecular weight is 561 g/mol. The first-order valence-corrected chi connectivity index (χ1v) is 12.7. The summed E-state index contributed by atoms with van der Waals surface area (Å²) in [5, 5.41) is 3.38. The number of carbonyl (C=O) groups excluding carboxylic acids is 1. The number of rotatable bonds is 7. The van der Waals surface area contributed by atoms with Crippen LogP contribution in [0.4, 0.5) is 23.7 Å². The lowest BCUT2D eigenvalue weighted by Gasteiger charge is -2.27. The number of amides is 2. The molecule has 2 amide bonds. The zero-order chi connectivity index (χ0) is 26.7. The van der Waals surface area contributed by atoms with Crippen LogP contribution in [-0.4, -0.2) is 25.4 Å². The van der Waals surface area contributed by atoms with Gasteiger partial charge in [-0.05, 0) is 67.9 Å². The van der Waals surface area contributed by atoms with Gasteiger partial charge in [-0.2, -0.15) is 21.6 Å². The number of nitrogens with zero attached hydrogens (tertiary/aromatic N) is 1. The Labute approximate surface area is 216 Å². The molecule has 0 saturated carbocycles. The molecule has 3 aromatic carbocycles. The Kier molecular flexibility index (Phi) is 8.43. The molecule has 0 unspecified atom stereocenters. The SMILES string of the molecule is CC(C)N(Cc1cccc(OS(=O)(=O)c2cccc(C(F)(F)F)c2)c1)C(=O)Nc1ccc(Cl)cc1Cl. The van der Waals surface area contributed by atoms with Gasteiger partial charge in [0, 0.05) is 17.6 Å². The summed E-state index contributed by atoms with van der Waals surface area (Å²) in [6, 6.07) is 13.1. The normalized spacial score (nSPS) is 11.9. The molecule has 0 heterocycles. The fraction of sp³-hybridized carbons (Fsp3) is 0.208. The molecule has 3 rings (SSSR count). The van der Waals surface area contributed by atoms with Gasteiger partial charge in [0.1, 0.15) is 10.6 Å². The van der Waals surface area contributed by atoms with Gasteiger partial charge in [0.15, 0.2) is 0 Å². The number of anilines is 1. The summed E-state index contributed by atoms with van der Waals surface area (Å²) < 4.78 is 69.2. The van der Waals surface area contributed by atoms with Crippen LogP contribution in [0.5, 0.6) is 5.75 Å². The summed E-state index contributed by atoms with van der Waals surface area (Å²) in [5.74, 6) is -0.116. The highest BCUT2D eigenvalue weighted by Crippen LogP contribution is 2.31. The van der Waals surface area contributed by atoms with Crippen molar-refractivity contribution in [3.05, 3.63) is 87.9 Å². The number of urea groups is 1. The van der Waals surface area contributed by atoms with E-state index in [9.17, 15) is 26.4 Å². The third-order valence-corrected chi connectivity index (χ3v) is 6.76. The number of carbonyl (C=O) groups is 1. The fourth-order valence-electron chi connectivity index (χ4n) is 3.16. The number of halogens is 5. The van der Waals surface area contributed by atoms with E-state index in [0.717, 1.165) is 18.2 Å². The number of benzene rings is 3. The van der Waals surface area contributed by atoms with Gasteiger partial charge < -0.3 is 14.4 Å². The van der Waals surface area contributed by atoms with E-state index >= 15 is 0 Å². The van der Waals surface area contributed by atoms with Gasteiger partial charge in [-0.1, -0.05) is 41.4 Å². The van der Waals surface area contributed by atoms with E-state index in [-0.39, 0.29) is 23.4 Å². The van der Waals surface area contributed by atoms with E-state index in [1.807, 2.05) is 0 Å². The molecule has 0 aliphatic carbocycles. The molecule has 36 heavy (non-hydrogen) atoms. The molecule has 3 aromatic rings. The zero-order valence-corrected chi connectivity index (χ0v) is 21.3. The van der Waals surface area contributed by atoms with Crippen LogP contribution in [0.3, 0.4) is 0 Å². The van der Waals surface area contributed by atoms with Gasteiger partial charge in [0.25, 0.3) is 0 Å². The maximum Gasteiger partial charge on any atom is 0.416 e. The molecule has 0 aliphatic rings. The summed E-state index contributed by atoms with van der Waals surface area (Å²) in [6.45, 7) is 3.67. The maximum absolute atomic E-state index is 13.0. The van der Waals surface area contributed by atoms with Crippen LogP contribution in [0.25, 0.3) is 0 Å². The quantitative estimate of drug-likeness (QED) is 0.309. The fourth-order valence-corrected chi connectivity index (χ4v) is 4.59. The highest BCUT2D eigenvalue weighted by molar-refractivity contribution is 7.87. The Morgan fingerprint density at radius 3 is 2.36 bits per heavy atom. The van der Waals surface area contributed by atoms with Crippen LogP contribution >= 0.6 is 23.2 Å². The predicted molar refractivity (Wildman–Crippen MR) is 132 cm³/mol. The molecule has 0 atom stereocenters. The summed E-state index contributed by atoms with van der Waals surface area (Å²) in [7, 11) is -4.54. The number of hydrogen-bond acceptors (Lipinski definition) is 4. The zero-order valence-electron chi connectivity index (χ0n) is 19.0. The second-order valence-corrected chi connectivity index (χ2v) is 10.4. The number of hydrogen-bond donors (Lipinski definition) is 1. The van der Waals surface area contributed by atoms with Crippen LogP contribution < -0.4 is 9.50 Å².